The summed E-state index contributed by atoms with van der Waals surface area (Å²) in [6, 6.07) is 16.3. The van der Waals surface area contributed by atoms with Gasteiger partial charge in [0.25, 0.3) is 0 Å². The van der Waals surface area contributed by atoms with Crippen LogP contribution >= 0.6 is 0 Å². The predicted octanol–water partition coefficient (Wildman–Crippen LogP) is 2.57. The van der Waals surface area contributed by atoms with E-state index in [1.54, 1.807) is 0 Å². The van der Waals surface area contributed by atoms with Crippen LogP contribution in [-0.4, -0.2) is 27.8 Å². The van der Waals surface area contributed by atoms with E-state index in [1.807, 2.05) is 43.3 Å². The fraction of sp³-hybridized carbons (Fsp3) is 0.294. The maximum absolute atomic E-state index is 11.0. The van der Waals surface area contributed by atoms with E-state index >= 15 is 0 Å². The van der Waals surface area contributed by atoms with Crippen LogP contribution in [0.15, 0.2) is 48.5 Å². The van der Waals surface area contributed by atoms with Crippen LogP contribution in [0.1, 0.15) is 11.1 Å². The molecule has 0 aliphatic carbocycles. The van der Waals surface area contributed by atoms with Crippen LogP contribution in [0.5, 0.6) is 0 Å². The summed E-state index contributed by atoms with van der Waals surface area (Å²) in [7, 11) is -3.13. The number of aryl methyl sites for hydroxylation is 1. The lowest BCUT2D eigenvalue weighted by atomic mass is 10.1. The average molecular weight is 333 g/mol. The smallest absolute Gasteiger partial charge is 0.208 e. The Kier molecular flexibility index (Phi) is 6.01. The number of nitrogens with one attached hydrogen (secondary N) is 3. The van der Waals surface area contributed by atoms with E-state index in [0.717, 1.165) is 29.7 Å². The van der Waals surface area contributed by atoms with Crippen LogP contribution in [0.25, 0.3) is 0 Å². The lowest BCUT2D eigenvalue weighted by Crippen LogP contribution is -2.27. The SMILES string of the molecule is Cc1cc(NCCNS(C)(=O)=O)ccc1NCc1ccccc1. The van der Waals surface area contributed by atoms with Crippen LogP contribution in [0.2, 0.25) is 0 Å². The van der Waals surface area contributed by atoms with Gasteiger partial charge in [0.15, 0.2) is 0 Å². The molecule has 6 heteroatoms. The summed E-state index contributed by atoms with van der Waals surface area (Å²) in [4.78, 5) is 0. The first-order valence-electron chi connectivity index (χ1n) is 7.51. The van der Waals surface area contributed by atoms with Gasteiger partial charge in [-0.3, -0.25) is 0 Å². The monoisotopic (exact) mass is 333 g/mol. The second-order valence-corrected chi connectivity index (χ2v) is 7.30. The van der Waals surface area contributed by atoms with Gasteiger partial charge in [-0.15, -0.1) is 0 Å². The van der Waals surface area contributed by atoms with Crippen LogP contribution in [0.4, 0.5) is 11.4 Å². The largest absolute Gasteiger partial charge is 0.384 e. The maximum atomic E-state index is 11.0. The minimum Gasteiger partial charge on any atom is -0.384 e. The molecule has 124 valence electrons. The molecule has 0 bridgehead atoms. The van der Waals surface area contributed by atoms with Gasteiger partial charge in [-0.25, -0.2) is 13.1 Å². The Morgan fingerprint density at radius 1 is 0.957 bits per heavy atom. The predicted molar refractivity (Wildman–Crippen MR) is 96.3 cm³/mol. The van der Waals surface area contributed by atoms with Crippen molar-refractivity contribution in [2.24, 2.45) is 0 Å². The van der Waals surface area contributed by atoms with E-state index in [4.69, 9.17) is 0 Å². The normalized spacial score (nSPS) is 11.2. The molecular weight excluding hydrogens is 310 g/mol. The molecule has 0 heterocycles. The minimum atomic E-state index is -3.13. The molecule has 2 aromatic rings. The van der Waals surface area contributed by atoms with Gasteiger partial charge < -0.3 is 10.6 Å². The number of anilines is 2. The molecule has 0 amide bonds. The van der Waals surface area contributed by atoms with Crippen molar-refractivity contribution in [3.05, 3.63) is 59.7 Å². The van der Waals surface area contributed by atoms with Crippen molar-refractivity contribution in [2.45, 2.75) is 13.5 Å². The zero-order chi connectivity index (χ0) is 16.7. The molecule has 2 aromatic carbocycles. The fourth-order valence-electron chi connectivity index (χ4n) is 2.21. The lowest BCUT2D eigenvalue weighted by Gasteiger charge is -2.13. The van der Waals surface area contributed by atoms with Crippen molar-refractivity contribution in [1.82, 2.24) is 4.72 Å². The summed E-state index contributed by atoms with van der Waals surface area (Å²) in [5, 5.41) is 6.63. The van der Waals surface area contributed by atoms with E-state index in [0.29, 0.717) is 13.1 Å². The maximum Gasteiger partial charge on any atom is 0.208 e. The summed E-state index contributed by atoms with van der Waals surface area (Å²) < 4.78 is 24.4. The zero-order valence-electron chi connectivity index (χ0n) is 13.5. The summed E-state index contributed by atoms with van der Waals surface area (Å²) in [6.07, 6.45) is 1.16. The van der Waals surface area contributed by atoms with Gasteiger partial charge in [0.1, 0.15) is 0 Å². The highest BCUT2D eigenvalue weighted by Gasteiger charge is 2.02. The molecule has 0 aliphatic rings. The zero-order valence-corrected chi connectivity index (χ0v) is 14.3. The third-order valence-corrected chi connectivity index (χ3v) is 4.10. The second-order valence-electron chi connectivity index (χ2n) is 5.46. The van der Waals surface area contributed by atoms with Gasteiger partial charge in [0.2, 0.25) is 10.0 Å². The Balaban J connectivity index is 1.85. The number of benzene rings is 2. The van der Waals surface area contributed by atoms with Gasteiger partial charge in [-0.1, -0.05) is 30.3 Å². The van der Waals surface area contributed by atoms with Crippen LogP contribution in [0.3, 0.4) is 0 Å². The van der Waals surface area contributed by atoms with Crippen molar-refractivity contribution in [3.8, 4) is 0 Å². The van der Waals surface area contributed by atoms with Gasteiger partial charge in [0.05, 0.1) is 6.26 Å². The molecule has 0 saturated heterocycles. The molecule has 0 unspecified atom stereocenters. The highest BCUT2D eigenvalue weighted by Crippen LogP contribution is 2.20. The molecule has 0 atom stereocenters. The van der Waals surface area contributed by atoms with E-state index < -0.39 is 10.0 Å². The van der Waals surface area contributed by atoms with Crippen molar-refractivity contribution >= 4 is 21.4 Å². The molecule has 23 heavy (non-hydrogen) atoms. The number of sulfonamides is 1. The molecule has 0 aromatic heterocycles. The molecule has 3 N–H and O–H groups in total. The number of hydrogen-bond donors (Lipinski definition) is 3. The molecular formula is C17H23N3O2S. The molecule has 0 saturated carbocycles. The molecule has 2 rings (SSSR count). The minimum absolute atomic E-state index is 0.367. The summed E-state index contributed by atoms with van der Waals surface area (Å²) >= 11 is 0. The Labute approximate surface area is 138 Å². The summed E-state index contributed by atoms with van der Waals surface area (Å²) in [5.41, 5.74) is 4.44. The number of rotatable bonds is 8. The molecule has 0 spiro atoms. The van der Waals surface area contributed by atoms with Gasteiger partial charge in [-0.2, -0.15) is 0 Å². The Hall–Kier alpha value is -2.05. The van der Waals surface area contributed by atoms with Crippen LogP contribution < -0.4 is 15.4 Å². The Morgan fingerprint density at radius 3 is 2.35 bits per heavy atom. The molecule has 5 nitrogen and oxygen atoms in total. The average Bonchev–Trinajstić information content (AvgIpc) is 2.51. The highest BCUT2D eigenvalue weighted by atomic mass is 32.2. The quantitative estimate of drug-likeness (QED) is 0.649. The van der Waals surface area contributed by atoms with E-state index in [-0.39, 0.29) is 0 Å². The molecule has 0 aliphatic heterocycles. The van der Waals surface area contributed by atoms with Crippen molar-refractivity contribution in [3.63, 3.8) is 0 Å². The third-order valence-electron chi connectivity index (χ3n) is 3.37. The van der Waals surface area contributed by atoms with Crippen molar-refractivity contribution < 1.29 is 8.42 Å². The Morgan fingerprint density at radius 2 is 1.70 bits per heavy atom. The standard InChI is InChI=1S/C17H23N3O2S/c1-14-12-16(18-10-11-20-23(2,21)22)8-9-17(14)19-13-15-6-4-3-5-7-15/h3-9,12,18-20H,10-11,13H2,1-2H3. The van der Waals surface area contributed by atoms with E-state index in [2.05, 4.69) is 27.5 Å². The van der Waals surface area contributed by atoms with Gasteiger partial charge in [-0.05, 0) is 36.2 Å². The first-order chi connectivity index (χ1) is 10.9. The van der Waals surface area contributed by atoms with E-state index in [9.17, 15) is 8.42 Å². The van der Waals surface area contributed by atoms with Gasteiger partial charge in [0, 0.05) is 31.0 Å². The van der Waals surface area contributed by atoms with Crippen molar-refractivity contribution in [2.75, 3.05) is 30.0 Å². The highest BCUT2D eigenvalue weighted by molar-refractivity contribution is 7.88. The third kappa shape index (κ3) is 6.30. The fourth-order valence-corrected chi connectivity index (χ4v) is 2.68. The molecule has 0 fully saturated rings. The lowest BCUT2D eigenvalue weighted by molar-refractivity contribution is 0.589. The van der Waals surface area contributed by atoms with Crippen LogP contribution in [0, 0.1) is 6.92 Å². The summed E-state index contributed by atoms with van der Waals surface area (Å²) in [5.74, 6) is 0. The first-order valence-corrected chi connectivity index (χ1v) is 9.40. The number of hydrogen-bond acceptors (Lipinski definition) is 4. The van der Waals surface area contributed by atoms with Crippen LogP contribution in [-0.2, 0) is 16.6 Å². The first kappa shape index (κ1) is 17.3. The Bertz CT molecular complexity index is 731. The molecule has 0 radical (unpaired) electrons. The van der Waals surface area contributed by atoms with Crippen molar-refractivity contribution in [1.29, 1.82) is 0 Å². The second kappa shape index (κ2) is 7.99. The van der Waals surface area contributed by atoms with E-state index in [1.165, 1.54) is 5.56 Å². The topological polar surface area (TPSA) is 70.2 Å². The summed E-state index contributed by atoms with van der Waals surface area (Å²) in [6.45, 7) is 3.75. The van der Waals surface area contributed by atoms with Gasteiger partial charge >= 0.3 is 0 Å².